The van der Waals surface area contributed by atoms with Crippen molar-refractivity contribution in [3.05, 3.63) is 30.3 Å². The average Bonchev–Trinajstić information content (AvgIpc) is 2.36. The van der Waals surface area contributed by atoms with E-state index in [-0.39, 0.29) is 6.04 Å². The second kappa shape index (κ2) is 7.71. The van der Waals surface area contributed by atoms with Crippen molar-refractivity contribution in [1.82, 2.24) is 10.2 Å². The first-order valence-electron chi connectivity index (χ1n) is 7.49. The molecule has 0 aliphatic heterocycles. The largest absolute Gasteiger partial charge is 0.465 e. The van der Waals surface area contributed by atoms with Crippen molar-refractivity contribution in [1.29, 1.82) is 0 Å². The molecule has 0 aromatic heterocycles. The van der Waals surface area contributed by atoms with Gasteiger partial charge in [0.05, 0.1) is 5.37 Å². The SMILES string of the molecule is C[C@H](C[C@H](Sc1ccccc1)N(C)C1CCC1)NC(=O)O. The molecule has 5 heteroatoms. The first-order chi connectivity index (χ1) is 10.1. The van der Waals surface area contributed by atoms with Crippen molar-refractivity contribution >= 4 is 17.9 Å². The molecule has 1 aromatic rings. The molecule has 0 unspecified atom stereocenters. The normalized spacial score (nSPS) is 18.0. The number of carbonyl (C=O) groups is 1. The summed E-state index contributed by atoms with van der Waals surface area (Å²) < 4.78 is 0. The minimum absolute atomic E-state index is 0.0498. The van der Waals surface area contributed by atoms with Gasteiger partial charge in [0, 0.05) is 17.0 Å². The van der Waals surface area contributed by atoms with Crippen LogP contribution < -0.4 is 5.32 Å². The van der Waals surface area contributed by atoms with Gasteiger partial charge in [-0.15, -0.1) is 11.8 Å². The molecular formula is C16H24N2O2S. The van der Waals surface area contributed by atoms with Gasteiger partial charge in [-0.05, 0) is 45.4 Å². The van der Waals surface area contributed by atoms with Crippen LogP contribution in [-0.2, 0) is 0 Å². The van der Waals surface area contributed by atoms with Crippen molar-refractivity contribution in [2.45, 2.75) is 55.0 Å². The Morgan fingerprint density at radius 1 is 1.43 bits per heavy atom. The molecule has 0 spiro atoms. The van der Waals surface area contributed by atoms with E-state index in [2.05, 4.69) is 29.4 Å². The Balaban J connectivity index is 2.00. The van der Waals surface area contributed by atoms with Crippen LogP contribution >= 0.6 is 11.8 Å². The number of benzene rings is 1. The number of nitrogens with zero attached hydrogens (tertiary/aromatic N) is 1. The van der Waals surface area contributed by atoms with Crippen LogP contribution in [0.5, 0.6) is 0 Å². The molecule has 21 heavy (non-hydrogen) atoms. The summed E-state index contributed by atoms with van der Waals surface area (Å²) in [4.78, 5) is 14.4. The Hall–Kier alpha value is -1.20. The van der Waals surface area contributed by atoms with E-state index >= 15 is 0 Å². The zero-order valence-corrected chi connectivity index (χ0v) is 13.5. The van der Waals surface area contributed by atoms with Gasteiger partial charge in [-0.25, -0.2) is 4.79 Å². The predicted molar refractivity (Wildman–Crippen MR) is 86.7 cm³/mol. The lowest BCUT2D eigenvalue weighted by Crippen LogP contribution is -2.45. The van der Waals surface area contributed by atoms with Crippen LogP contribution in [0.4, 0.5) is 4.79 Å². The van der Waals surface area contributed by atoms with E-state index in [1.165, 1.54) is 24.2 Å². The van der Waals surface area contributed by atoms with Crippen LogP contribution in [0.1, 0.15) is 32.6 Å². The van der Waals surface area contributed by atoms with E-state index in [1.54, 1.807) is 0 Å². The molecule has 1 fully saturated rings. The number of amides is 1. The van der Waals surface area contributed by atoms with Crippen LogP contribution in [0, 0.1) is 0 Å². The lowest BCUT2D eigenvalue weighted by Gasteiger charge is -2.40. The maximum atomic E-state index is 10.8. The quantitative estimate of drug-likeness (QED) is 0.596. The molecule has 2 rings (SSSR count). The third-order valence-corrected chi connectivity index (χ3v) is 5.39. The molecular weight excluding hydrogens is 284 g/mol. The second-order valence-electron chi connectivity index (χ2n) is 5.72. The summed E-state index contributed by atoms with van der Waals surface area (Å²) >= 11 is 1.82. The summed E-state index contributed by atoms with van der Waals surface area (Å²) in [6.07, 6.45) is 3.67. The van der Waals surface area contributed by atoms with Gasteiger partial charge >= 0.3 is 6.09 Å². The highest BCUT2D eigenvalue weighted by Crippen LogP contribution is 2.34. The van der Waals surface area contributed by atoms with Crippen LogP contribution in [0.3, 0.4) is 0 Å². The lowest BCUT2D eigenvalue weighted by atomic mass is 9.91. The number of nitrogens with one attached hydrogen (secondary N) is 1. The van der Waals surface area contributed by atoms with Crippen molar-refractivity contribution in [2.75, 3.05) is 7.05 Å². The topological polar surface area (TPSA) is 52.6 Å². The number of thioether (sulfide) groups is 1. The molecule has 1 saturated carbocycles. The minimum atomic E-state index is -0.947. The average molecular weight is 308 g/mol. The van der Waals surface area contributed by atoms with Crippen molar-refractivity contribution in [2.24, 2.45) is 0 Å². The Morgan fingerprint density at radius 3 is 2.62 bits per heavy atom. The molecule has 2 N–H and O–H groups in total. The molecule has 1 aliphatic rings. The Kier molecular flexibility index (Phi) is 5.94. The third-order valence-electron chi connectivity index (χ3n) is 4.05. The highest BCUT2D eigenvalue weighted by molar-refractivity contribution is 7.99. The first-order valence-corrected chi connectivity index (χ1v) is 8.37. The maximum absolute atomic E-state index is 10.8. The van der Waals surface area contributed by atoms with Crippen LogP contribution in [-0.4, -0.2) is 40.6 Å². The van der Waals surface area contributed by atoms with Gasteiger partial charge in [0.15, 0.2) is 0 Å². The van der Waals surface area contributed by atoms with Gasteiger partial charge in [-0.2, -0.15) is 0 Å². The smallest absolute Gasteiger partial charge is 0.404 e. The Labute approximate surface area is 130 Å². The summed E-state index contributed by atoms with van der Waals surface area (Å²) in [6, 6.07) is 10.9. The fourth-order valence-electron chi connectivity index (χ4n) is 2.55. The zero-order chi connectivity index (χ0) is 15.2. The minimum Gasteiger partial charge on any atom is -0.465 e. The van der Waals surface area contributed by atoms with E-state index < -0.39 is 6.09 Å². The van der Waals surface area contributed by atoms with Gasteiger partial charge in [-0.3, -0.25) is 4.90 Å². The molecule has 0 radical (unpaired) electrons. The van der Waals surface area contributed by atoms with E-state index in [1.807, 2.05) is 36.9 Å². The van der Waals surface area contributed by atoms with Gasteiger partial charge < -0.3 is 10.4 Å². The molecule has 2 atom stereocenters. The molecule has 1 aromatic carbocycles. The number of hydrogen-bond donors (Lipinski definition) is 2. The first kappa shape index (κ1) is 16.2. The van der Waals surface area contributed by atoms with Gasteiger partial charge in [-0.1, -0.05) is 24.6 Å². The highest BCUT2D eigenvalue weighted by atomic mass is 32.2. The molecule has 4 nitrogen and oxygen atoms in total. The van der Waals surface area contributed by atoms with Crippen LogP contribution in [0.15, 0.2) is 35.2 Å². The Bertz CT molecular complexity index is 451. The Morgan fingerprint density at radius 2 is 2.10 bits per heavy atom. The van der Waals surface area contributed by atoms with E-state index in [4.69, 9.17) is 5.11 Å². The molecule has 1 aliphatic carbocycles. The second-order valence-corrected chi connectivity index (χ2v) is 6.97. The summed E-state index contributed by atoms with van der Waals surface area (Å²) in [5.74, 6) is 0. The fraction of sp³-hybridized carbons (Fsp3) is 0.562. The zero-order valence-electron chi connectivity index (χ0n) is 12.7. The van der Waals surface area contributed by atoms with Gasteiger partial charge in [0.1, 0.15) is 0 Å². The fourth-order valence-corrected chi connectivity index (χ4v) is 3.91. The van der Waals surface area contributed by atoms with Gasteiger partial charge in [0.25, 0.3) is 0 Å². The van der Waals surface area contributed by atoms with Crippen molar-refractivity contribution < 1.29 is 9.90 Å². The van der Waals surface area contributed by atoms with Gasteiger partial charge in [0.2, 0.25) is 0 Å². The number of rotatable bonds is 7. The predicted octanol–water partition coefficient (Wildman–Crippen LogP) is 3.64. The lowest BCUT2D eigenvalue weighted by molar-refractivity contribution is 0.137. The van der Waals surface area contributed by atoms with E-state index in [9.17, 15) is 4.79 Å². The molecule has 0 heterocycles. The summed E-state index contributed by atoms with van der Waals surface area (Å²) in [7, 11) is 2.16. The monoisotopic (exact) mass is 308 g/mol. The molecule has 0 saturated heterocycles. The summed E-state index contributed by atoms with van der Waals surface area (Å²) in [5.41, 5.74) is 0. The summed E-state index contributed by atoms with van der Waals surface area (Å²) in [5, 5.41) is 11.7. The van der Waals surface area contributed by atoms with Crippen molar-refractivity contribution in [3.8, 4) is 0 Å². The number of hydrogen-bond acceptors (Lipinski definition) is 3. The van der Waals surface area contributed by atoms with E-state index in [0.29, 0.717) is 11.4 Å². The molecule has 0 bridgehead atoms. The van der Waals surface area contributed by atoms with Crippen LogP contribution in [0.2, 0.25) is 0 Å². The maximum Gasteiger partial charge on any atom is 0.404 e. The van der Waals surface area contributed by atoms with E-state index in [0.717, 1.165) is 6.42 Å². The molecule has 1 amide bonds. The molecule has 116 valence electrons. The third kappa shape index (κ3) is 4.93. The van der Waals surface area contributed by atoms with Crippen LogP contribution in [0.25, 0.3) is 0 Å². The highest BCUT2D eigenvalue weighted by Gasteiger charge is 2.29. The van der Waals surface area contributed by atoms with Crippen molar-refractivity contribution in [3.63, 3.8) is 0 Å². The standard InChI is InChI=1S/C16H24N2O2S/c1-12(17-16(19)20)11-15(18(2)13-7-6-8-13)21-14-9-4-3-5-10-14/h3-5,9-10,12-13,15,17H,6-8,11H2,1-2H3,(H,19,20)/t12-,15+/m1/s1. The number of carboxylic acid groups (broad SMARTS) is 1. The summed E-state index contributed by atoms with van der Waals surface area (Å²) in [6.45, 7) is 1.93.